The van der Waals surface area contributed by atoms with E-state index in [0.29, 0.717) is 16.3 Å². The number of nitrogens with one attached hydrogen (secondary N) is 1. The number of thiazole rings is 1. The lowest BCUT2D eigenvalue weighted by atomic mass is 10.0. The number of piperidine rings is 1. The van der Waals surface area contributed by atoms with Gasteiger partial charge < -0.3 is 5.31 Å². The van der Waals surface area contributed by atoms with Crippen molar-refractivity contribution >= 4 is 39.1 Å². The highest BCUT2D eigenvalue weighted by Crippen LogP contribution is 2.28. The summed E-state index contributed by atoms with van der Waals surface area (Å²) in [7, 11) is 0. The first-order valence-electron chi connectivity index (χ1n) is 12.5. The summed E-state index contributed by atoms with van der Waals surface area (Å²) in [5.74, 6) is -1.64. The van der Waals surface area contributed by atoms with Gasteiger partial charge in [0.2, 0.25) is 0 Å². The number of rotatable bonds is 4. The highest BCUT2D eigenvalue weighted by molar-refractivity contribution is 7.21. The second-order valence-electron chi connectivity index (χ2n) is 5.25. The van der Waals surface area contributed by atoms with E-state index >= 15 is 0 Å². The summed E-state index contributed by atoms with van der Waals surface area (Å²) in [5.41, 5.74) is -1.62. The molecule has 0 saturated carbocycles. The van der Waals surface area contributed by atoms with Gasteiger partial charge in [0, 0.05) is 33.8 Å². The van der Waals surface area contributed by atoms with Crippen molar-refractivity contribution in [2.75, 3.05) is 18.4 Å². The molecule has 1 unspecified atom stereocenters. The molecule has 2 aromatic heterocycles. The molecule has 27 heavy (non-hydrogen) atoms. The molecule has 1 atom stereocenters. The Morgan fingerprint density at radius 2 is 2.56 bits per heavy atom. The number of likely N-dealkylation sites (tertiary alicyclic amines) is 1. The lowest BCUT2D eigenvalue weighted by Gasteiger charge is -2.32. The van der Waals surface area contributed by atoms with Gasteiger partial charge >= 0.3 is 0 Å². The van der Waals surface area contributed by atoms with Crippen LogP contribution in [0.1, 0.15) is 36.3 Å². The SMILES string of the molecule is [2H]c1cc(C([2H])([2H])N2CCC([2H])(N([2H])c3ncnc4sc(Cl)nc34)C([2H])([2H])C2([2H])[2H])c([2H])c(C#N)c1F. The Bertz CT molecular complexity index is 1450. The van der Waals surface area contributed by atoms with Gasteiger partial charge in [0.15, 0.2) is 11.7 Å². The number of anilines is 1. The fourth-order valence-corrected chi connectivity index (χ4v) is 3.21. The standard InChI is InChI=1S/C18H16ClFN6S/c19-18-25-15-16(22-10-23-17(15)27-18)24-13-3-5-26(6-4-13)9-11-1-2-14(20)12(7-11)8-21/h1-2,7,10,13H,3-6,9H2,(H,22,23,24)/i2D,3D2,5D2,7D,9D2,13D/hD. The van der Waals surface area contributed by atoms with Crippen LogP contribution in [-0.2, 0) is 6.50 Å². The second kappa shape index (κ2) is 7.72. The summed E-state index contributed by atoms with van der Waals surface area (Å²) in [6.45, 7) is -6.95. The fourth-order valence-electron chi connectivity index (χ4n) is 2.28. The van der Waals surface area contributed by atoms with Crippen LogP contribution >= 0.6 is 22.9 Å². The molecule has 1 aromatic carbocycles. The summed E-state index contributed by atoms with van der Waals surface area (Å²) in [6.07, 6.45) is -2.85. The normalized spacial score (nSPS) is 30.1. The van der Waals surface area contributed by atoms with E-state index in [1.165, 1.54) is 6.07 Å². The second-order valence-corrected chi connectivity index (χ2v) is 6.81. The third kappa shape index (κ3) is 4.00. The molecular formula is C18H16ClFN6S. The van der Waals surface area contributed by atoms with Crippen LogP contribution in [0.2, 0.25) is 5.88 Å². The number of nitriles is 1. The van der Waals surface area contributed by atoms with Crippen LogP contribution in [0.4, 0.5) is 10.2 Å². The molecule has 9 heteroatoms. The summed E-state index contributed by atoms with van der Waals surface area (Å²) >= 11 is 6.88. The fraction of sp³-hybridized carbons (Fsp3) is 0.333. The van der Waals surface area contributed by atoms with Gasteiger partial charge in [-0.2, -0.15) is 5.26 Å². The van der Waals surface area contributed by atoms with E-state index in [4.69, 9.17) is 25.3 Å². The van der Waals surface area contributed by atoms with Gasteiger partial charge in [0.05, 0.1) is 9.68 Å². The third-order valence-electron chi connectivity index (χ3n) is 3.49. The van der Waals surface area contributed by atoms with Crippen molar-refractivity contribution in [2.45, 2.75) is 25.3 Å². The number of benzene rings is 1. The van der Waals surface area contributed by atoms with Gasteiger partial charge in [0.25, 0.3) is 0 Å². The number of aromatic nitrogens is 3. The van der Waals surface area contributed by atoms with Crippen molar-refractivity contribution in [3.63, 3.8) is 0 Å². The lowest BCUT2D eigenvalue weighted by Crippen LogP contribution is -2.38. The molecule has 0 bridgehead atoms. The molecule has 4 rings (SSSR count). The zero-order valence-corrected chi connectivity index (χ0v) is 15.0. The van der Waals surface area contributed by atoms with Gasteiger partial charge in [-0.1, -0.05) is 29.0 Å². The summed E-state index contributed by atoms with van der Waals surface area (Å²) in [5, 5.41) is 9.55. The van der Waals surface area contributed by atoms with E-state index in [0.717, 1.165) is 17.7 Å². The molecule has 3 heterocycles. The minimum absolute atomic E-state index is 0.00501. The highest BCUT2D eigenvalue weighted by Gasteiger charge is 2.21. The van der Waals surface area contributed by atoms with Crippen LogP contribution in [0.15, 0.2) is 24.5 Å². The van der Waals surface area contributed by atoms with Crippen LogP contribution < -0.4 is 5.31 Å². The Balaban J connectivity index is 1.80. The van der Waals surface area contributed by atoms with Crippen molar-refractivity contribution in [3.8, 4) is 6.07 Å². The first-order valence-corrected chi connectivity index (χ1v) is 8.76. The number of nitrogens with zero attached hydrogens (tertiary/aromatic N) is 5. The van der Waals surface area contributed by atoms with Crippen molar-refractivity contribution < 1.29 is 18.1 Å². The molecule has 0 radical (unpaired) electrons. The topological polar surface area (TPSA) is 77.7 Å². The number of hydrogen-bond donors (Lipinski definition) is 1. The third-order valence-corrected chi connectivity index (χ3v) is 4.56. The number of halogens is 2. The van der Waals surface area contributed by atoms with E-state index in [1.54, 1.807) is 0 Å². The summed E-state index contributed by atoms with van der Waals surface area (Å²) in [6, 6.07) is -2.43. The molecule has 0 amide bonds. The molecule has 138 valence electrons. The zero-order valence-electron chi connectivity index (χ0n) is 23.4. The molecule has 1 N–H and O–H groups in total. The van der Waals surface area contributed by atoms with E-state index in [1.807, 2.05) is 0 Å². The average molecular weight is 413 g/mol. The van der Waals surface area contributed by atoms with E-state index in [9.17, 15) is 9.65 Å². The van der Waals surface area contributed by atoms with E-state index < -0.39 is 67.4 Å². The lowest BCUT2D eigenvalue weighted by molar-refractivity contribution is 0.211. The van der Waals surface area contributed by atoms with Crippen LogP contribution in [-0.4, -0.2) is 38.9 Å². The molecule has 1 fully saturated rings. The Kier molecular flexibility index (Phi) is 2.78. The van der Waals surface area contributed by atoms with E-state index in [2.05, 4.69) is 15.0 Å². The number of hydrogen-bond acceptors (Lipinski definition) is 7. The smallest absolute Gasteiger partial charge is 0.186 e. The average Bonchev–Trinajstić information content (AvgIpc) is 3.20. The highest BCUT2D eigenvalue weighted by atomic mass is 35.5. The van der Waals surface area contributed by atoms with Crippen LogP contribution in [0.3, 0.4) is 0 Å². The van der Waals surface area contributed by atoms with Crippen LogP contribution in [0.25, 0.3) is 10.3 Å². The maximum Gasteiger partial charge on any atom is 0.186 e. The predicted octanol–water partition coefficient (Wildman–Crippen LogP) is 3.83. The van der Waals surface area contributed by atoms with Crippen molar-refractivity contribution in [1.29, 1.82) is 5.26 Å². The zero-order chi connectivity index (χ0) is 27.7. The number of fused-ring (bicyclic) bond motifs is 1. The molecule has 0 spiro atoms. The predicted molar refractivity (Wildman–Crippen MR) is 103 cm³/mol. The molecule has 1 aliphatic rings. The maximum atomic E-state index is 14.1. The van der Waals surface area contributed by atoms with Crippen molar-refractivity contribution in [2.24, 2.45) is 0 Å². The summed E-state index contributed by atoms with van der Waals surface area (Å²) < 4.78 is 98.9. The Labute approximate surface area is 178 Å². The minimum Gasteiger partial charge on any atom is -0.365 e. The molecule has 0 aliphatic carbocycles. The summed E-state index contributed by atoms with van der Waals surface area (Å²) in [4.78, 5) is 12.6. The van der Waals surface area contributed by atoms with Gasteiger partial charge in [0.1, 0.15) is 28.6 Å². The van der Waals surface area contributed by atoms with Gasteiger partial charge in [-0.3, -0.25) is 4.90 Å². The Hall–Kier alpha value is -2.34. The molecule has 3 aromatic rings. The van der Waals surface area contributed by atoms with Crippen molar-refractivity contribution in [3.05, 3.63) is 45.9 Å². The van der Waals surface area contributed by atoms with E-state index in [-0.39, 0.29) is 20.6 Å². The molecular weight excluding hydrogens is 387 g/mol. The van der Waals surface area contributed by atoms with Gasteiger partial charge in [-0.05, 0) is 30.4 Å². The quantitative estimate of drug-likeness (QED) is 0.701. The maximum absolute atomic E-state index is 14.1. The Morgan fingerprint density at radius 1 is 1.67 bits per heavy atom. The monoisotopic (exact) mass is 412 g/mol. The molecule has 6 nitrogen and oxygen atoms in total. The first kappa shape index (κ1) is 9.73. The van der Waals surface area contributed by atoms with Gasteiger partial charge in [-0.15, -0.1) is 0 Å². The molecule has 1 aliphatic heterocycles. The van der Waals surface area contributed by atoms with Crippen LogP contribution in [0.5, 0.6) is 0 Å². The largest absolute Gasteiger partial charge is 0.365 e. The minimum atomic E-state index is -3.29. The van der Waals surface area contributed by atoms with Crippen LogP contribution in [0, 0.1) is 17.1 Å². The first-order chi connectivity index (χ1) is 17.0. The van der Waals surface area contributed by atoms with Crippen molar-refractivity contribution in [1.82, 2.24) is 19.9 Å². The molecule has 1 saturated heterocycles. The van der Waals surface area contributed by atoms with Gasteiger partial charge in [-0.25, -0.2) is 19.3 Å². The Morgan fingerprint density at radius 3 is 3.41 bits per heavy atom.